The van der Waals surface area contributed by atoms with Crippen LogP contribution in [-0.4, -0.2) is 24.7 Å². The summed E-state index contributed by atoms with van der Waals surface area (Å²) in [7, 11) is 0. The molecule has 2 atom stereocenters. The second-order valence-electron chi connectivity index (χ2n) is 4.44. The summed E-state index contributed by atoms with van der Waals surface area (Å²) in [6.45, 7) is 2.70. The second kappa shape index (κ2) is 5.91. The fraction of sp³-hybridized carbons (Fsp3) is 0.462. The van der Waals surface area contributed by atoms with E-state index in [9.17, 15) is 4.79 Å². The van der Waals surface area contributed by atoms with Gasteiger partial charge in [-0.2, -0.15) is 0 Å². The molecule has 1 heterocycles. The Bertz CT molecular complexity index is 445. The Kier molecular flexibility index (Phi) is 4.49. The third-order valence-corrected chi connectivity index (χ3v) is 3.62. The lowest BCUT2D eigenvalue weighted by Crippen LogP contribution is -2.40. The van der Waals surface area contributed by atoms with Crippen molar-refractivity contribution >= 4 is 29.1 Å². The number of carbonyl (C=O) groups excluding carboxylic acids is 1. The minimum Gasteiger partial charge on any atom is -0.376 e. The Morgan fingerprint density at radius 2 is 2.28 bits per heavy atom. The summed E-state index contributed by atoms with van der Waals surface area (Å²) in [4.78, 5) is 12.1. The summed E-state index contributed by atoms with van der Waals surface area (Å²) in [5.74, 6) is -0.217. The van der Waals surface area contributed by atoms with Crippen LogP contribution >= 0.6 is 23.2 Å². The molecule has 0 aliphatic carbocycles. The molecule has 1 aromatic carbocycles. The highest BCUT2D eigenvalue weighted by atomic mass is 35.5. The lowest BCUT2D eigenvalue weighted by Gasteiger charge is -2.20. The Morgan fingerprint density at radius 3 is 2.94 bits per heavy atom. The molecule has 0 unspecified atom stereocenters. The van der Waals surface area contributed by atoms with Crippen molar-refractivity contribution in [2.45, 2.75) is 31.9 Å². The summed E-state index contributed by atoms with van der Waals surface area (Å²) in [6, 6.07) is 4.82. The molecule has 0 radical (unpaired) electrons. The number of hydrogen-bond donors (Lipinski definition) is 1. The summed E-state index contributed by atoms with van der Waals surface area (Å²) in [5.41, 5.74) is 0.397. The third kappa shape index (κ3) is 3.16. The first-order valence-electron chi connectivity index (χ1n) is 5.95. The Balaban J connectivity index is 2.04. The van der Waals surface area contributed by atoms with Gasteiger partial charge in [0, 0.05) is 11.6 Å². The van der Waals surface area contributed by atoms with E-state index < -0.39 is 0 Å². The van der Waals surface area contributed by atoms with E-state index >= 15 is 0 Å². The molecule has 1 fully saturated rings. The van der Waals surface area contributed by atoms with Crippen LogP contribution in [0.2, 0.25) is 10.0 Å². The van der Waals surface area contributed by atoms with Crippen LogP contribution in [0.5, 0.6) is 0 Å². The molecule has 1 aromatic rings. The van der Waals surface area contributed by atoms with Crippen LogP contribution in [0.4, 0.5) is 0 Å². The minimum atomic E-state index is -0.217. The van der Waals surface area contributed by atoms with Crippen LogP contribution in [0.15, 0.2) is 18.2 Å². The van der Waals surface area contributed by atoms with Crippen molar-refractivity contribution in [2.24, 2.45) is 0 Å². The average Bonchev–Trinajstić information content (AvgIpc) is 2.85. The highest BCUT2D eigenvalue weighted by Gasteiger charge is 2.24. The van der Waals surface area contributed by atoms with Gasteiger partial charge >= 0.3 is 0 Å². The van der Waals surface area contributed by atoms with Crippen LogP contribution in [-0.2, 0) is 4.74 Å². The second-order valence-corrected chi connectivity index (χ2v) is 5.28. The first-order valence-corrected chi connectivity index (χ1v) is 6.71. The largest absolute Gasteiger partial charge is 0.376 e. The van der Waals surface area contributed by atoms with Gasteiger partial charge in [0.05, 0.1) is 22.7 Å². The zero-order chi connectivity index (χ0) is 13.1. The van der Waals surface area contributed by atoms with Crippen molar-refractivity contribution in [1.82, 2.24) is 5.32 Å². The fourth-order valence-corrected chi connectivity index (χ4v) is 2.42. The molecule has 0 spiro atoms. The maximum atomic E-state index is 12.1. The van der Waals surface area contributed by atoms with Crippen molar-refractivity contribution in [3.05, 3.63) is 33.8 Å². The van der Waals surface area contributed by atoms with E-state index in [2.05, 4.69) is 5.32 Å². The van der Waals surface area contributed by atoms with Crippen LogP contribution in [0.3, 0.4) is 0 Å². The molecule has 98 valence electrons. The molecule has 3 nitrogen and oxygen atoms in total. The lowest BCUT2D eigenvalue weighted by atomic mass is 10.1. The van der Waals surface area contributed by atoms with E-state index in [-0.39, 0.29) is 18.1 Å². The average molecular weight is 288 g/mol. The molecule has 0 bridgehead atoms. The number of hydrogen-bond acceptors (Lipinski definition) is 2. The topological polar surface area (TPSA) is 38.3 Å². The van der Waals surface area contributed by atoms with Gasteiger partial charge in [-0.1, -0.05) is 23.2 Å². The molecule has 1 aliphatic rings. The first-order chi connectivity index (χ1) is 8.58. The number of nitrogens with one attached hydrogen (secondary N) is 1. The summed E-state index contributed by atoms with van der Waals surface area (Å²) in [5, 5.41) is 3.79. The maximum Gasteiger partial charge on any atom is 0.253 e. The highest BCUT2D eigenvalue weighted by Crippen LogP contribution is 2.21. The van der Waals surface area contributed by atoms with E-state index in [1.807, 2.05) is 6.92 Å². The number of ether oxygens (including phenoxy) is 1. The minimum absolute atomic E-state index is 0.0324. The van der Waals surface area contributed by atoms with E-state index in [1.54, 1.807) is 18.2 Å². The molecule has 0 saturated carbocycles. The molecule has 1 saturated heterocycles. The van der Waals surface area contributed by atoms with E-state index in [0.717, 1.165) is 19.4 Å². The van der Waals surface area contributed by atoms with Crippen molar-refractivity contribution in [3.63, 3.8) is 0 Å². The molecule has 2 rings (SSSR count). The van der Waals surface area contributed by atoms with Crippen molar-refractivity contribution in [2.75, 3.05) is 6.61 Å². The van der Waals surface area contributed by atoms with Gasteiger partial charge in [-0.05, 0) is 38.0 Å². The van der Waals surface area contributed by atoms with Crippen molar-refractivity contribution in [3.8, 4) is 0 Å². The highest BCUT2D eigenvalue weighted by molar-refractivity contribution is 6.35. The number of rotatable bonds is 3. The Hall–Kier alpha value is -0.770. The summed E-state index contributed by atoms with van der Waals surface area (Å²) in [6.07, 6.45) is 2.11. The van der Waals surface area contributed by atoms with Gasteiger partial charge in [-0.15, -0.1) is 0 Å². The van der Waals surface area contributed by atoms with E-state index in [4.69, 9.17) is 27.9 Å². The normalized spacial score (nSPS) is 20.7. The van der Waals surface area contributed by atoms with E-state index in [0.29, 0.717) is 15.6 Å². The molecular weight excluding hydrogens is 273 g/mol. The molecule has 5 heteroatoms. The third-order valence-electron chi connectivity index (χ3n) is 3.05. The van der Waals surface area contributed by atoms with Crippen LogP contribution < -0.4 is 5.32 Å². The predicted molar refractivity (Wildman–Crippen MR) is 72.4 cm³/mol. The molecular formula is C13H15Cl2NO2. The van der Waals surface area contributed by atoms with Gasteiger partial charge < -0.3 is 10.1 Å². The standard InChI is InChI=1S/C13H15Cl2NO2/c1-8(12-3-2-6-18-12)16-13(17)10-7-9(14)4-5-11(10)15/h4-5,7-8,12H,2-3,6H2,1H3,(H,16,17)/t8-,12+/m0/s1. The smallest absolute Gasteiger partial charge is 0.253 e. The van der Waals surface area contributed by atoms with Gasteiger partial charge in [0.1, 0.15) is 0 Å². The lowest BCUT2D eigenvalue weighted by molar-refractivity contribution is 0.0712. The Labute approximate surface area is 116 Å². The maximum absolute atomic E-state index is 12.1. The number of carbonyl (C=O) groups is 1. The van der Waals surface area contributed by atoms with Crippen molar-refractivity contribution < 1.29 is 9.53 Å². The zero-order valence-corrected chi connectivity index (χ0v) is 11.6. The van der Waals surface area contributed by atoms with Crippen LogP contribution in [0, 0.1) is 0 Å². The number of amides is 1. The van der Waals surface area contributed by atoms with Crippen LogP contribution in [0.1, 0.15) is 30.1 Å². The van der Waals surface area contributed by atoms with Gasteiger partial charge in [-0.25, -0.2) is 0 Å². The first kappa shape index (κ1) is 13.7. The summed E-state index contributed by atoms with van der Waals surface area (Å²) < 4.78 is 5.53. The molecule has 18 heavy (non-hydrogen) atoms. The quantitative estimate of drug-likeness (QED) is 0.926. The fourth-order valence-electron chi connectivity index (χ4n) is 2.05. The van der Waals surface area contributed by atoms with Gasteiger partial charge in [0.25, 0.3) is 5.91 Å². The molecule has 1 N–H and O–H groups in total. The Morgan fingerprint density at radius 1 is 1.50 bits per heavy atom. The number of benzene rings is 1. The predicted octanol–water partition coefficient (Wildman–Crippen LogP) is 3.29. The van der Waals surface area contributed by atoms with Gasteiger partial charge in [0.2, 0.25) is 0 Å². The zero-order valence-electron chi connectivity index (χ0n) is 10.1. The monoisotopic (exact) mass is 287 g/mol. The van der Waals surface area contributed by atoms with Gasteiger partial charge in [-0.3, -0.25) is 4.79 Å². The van der Waals surface area contributed by atoms with E-state index in [1.165, 1.54) is 0 Å². The molecule has 0 aromatic heterocycles. The summed E-state index contributed by atoms with van der Waals surface area (Å²) >= 11 is 11.8. The van der Waals surface area contributed by atoms with Crippen LogP contribution in [0.25, 0.3) is 0 Å². The van der Waals surface area contributed by atoms with Crippen molar-refractivity contribution in [1.29, 1.82) is 0 Å². The SMILES string of the molecule is C[C@H](NC(=O)c1cc(Cl)ccc1Cl)[C@H]1CCCO1. The van der Waals surface area contributed by atoms with Gasteiger partial charge in [0.15, 0.2) is 0 Å². The molecule has 1 aliphatic heterocycles. The molecule has 1 amide bonds. The number of halogens is 2.